The Labute approximate surface area is 126 Å². The SMILES string of the molecule is CC(C)(C)[C@@H](NC(=O)CSc1cn[nH]n1)c1cccs1. The summed E-state index contributed by atoms with van der Waals surface area (Å²) in [4.78, 5) is 13.3. The number of thioether (sulfide) groups is 1. The molecule has 1 amide bonds. The molecule has 20 heavy (non-hydrogen) atoms. The van der Waals surface area contributed by atoms with Crippen LogP contribution in [0.4, 0.5) is 0 Å². The normalized spacial score (nSPS) is 13.2. The van der Waals surface area contributed by atoms with Gasteiger partial charge >= 0.3 is 0 Å². The lowest BCUT2D eigenvalue weighted by atomic mass is 9.86. The van der Waals surface area contributed by atoms with Crippen LogP contribution in [0.25, 0.3) is 0 Å². The number of carbonyl (C=O) groups excluding carboxylic acids is 1. The molecule has 1 atom stereocenters. The van der Waals surface area contributed by atoms with E-state index in [0.717, 1.165) is 5.03 Å². The Balaban J connectivity index is 1.96. The second kappa shape index (κ2) is 6.41. The number of aromatic amines is 1. The van der Waals surface area contributed by atoms with E-state index in [9.17, 15) is 4.79 Å². The maximum absolute atomic E-state index is 12.1. The van der Waals surface area contributed by atoms with Crippen LogP contribution in [0, 0.1) is 5.41 Å². The van der Waals surface area contributed by atoms with Gasteiger partial charge in [-0.3, -0.25) is 4.79 Å². The summed E-state index contributed by atoms with van der Waals surface area (Å²) in [5, 5.41) is 16.0. The molecule has 0 fully saturated rings. The number of carbonyl (C=O) groups is 1. The zero-order valence-electron chi connectivity index (χ0n) is 11.7. The number of hydrogen-bond donors (Lipinski definition) is 2. The highest BCUT2D eigenvalue weighted by Crippen LogP contribution is 2.35. The van der Waals surface area contributed by atoms with Gasteiger partial charge in [-0.05, 0) is 16.9 Å². The minimum Gasteiger partial charge on any atom is -0.347 e. The third-order valence-electron chi connectivity index (χ3n) is 2.74. The number of nitrogens with one attached hydrogen (secondary N) is 2. The molecular weight excluding hydrogens is 292 g/mol. The zero-order valence-corrected chi connectivity index (χ0v) is 13.3. The van der Waals surface area contributed by atoms with Crippen LogP contribution >= 0.6 is 23.1 Å². The van der Waals surface area contributed by atoms with Gasteiger partial charge in [0.25, 0.3) is 0 Å². The van der Waals surface area contributed by atoms with Crippen LogP contribution < -0.4 is 5.32 Å². The van der Waals surface area contributed by atoms with Crippen molar-refractivity contribution in [1.82, 2.24) is 20.7 Å². The Kier molecular flexibility index (Phi) is 4.82. The van der Waals surface area contributed by atoms with Crippen LogP contribution in [-0.4, -0.2) is 27.1 Å². The Hall–Kier alpha value is -1.34. The van der Waals surface area contributed by atoms with Crippen molar-refractivity contribution >= 4 is 29.0 Å². The lowest BCUT2D eigenvalue weighted by Crippen LogP contribution is -2.37. The van der Waals surface area contributed by atoms with Crippen molar-refractivity contribution in [2.24, 2.45) is 5.41 Å². The van der Waals surface area contributed by atoms with Crippen molar-refractivity contribution in [3.63, 3.8) is 0 Å². The molecule has 0 spiro atoms. The second-order valence-corrected chi connectivity index (χ2v) is 7.45. The van der Waals surface area contributed by atoms with E-state index < -0.39 is 0 Å². The minimum atomic E-state index is -0.0287. The van der Waals surface area contributed by atoms with E-state index in [2.05, 4.69) is 47.6 Å². The van der Waals surface area contributed by atoms with Gasteiger partial charge in [0, 0.05) is 4.88 Å². The fraction of sp³-hybridized carbons (Fsp3) is 0.462. The highest BCUT2D eigenvalue weighted by Gasteiger charge is 2.28. The first-order valence-corrected chi connectivity index (χ1v) is 8.14. The number of aromatic nitrogens is 3. The van der Waals surface area contributed by atoms with Gasteiger partial charge in [-0.1, -0.05) is 38.6 Å². The molecular formula is C13H18N4OS2. The molecule has 2 heterocycles. The third-order valence-corrected chi connectivity index (χ3v) is 4.58. The molecule has 0 radical (unpaired) electrons. The fourth-order valence-corrected chi connectivity index (χ4v) is 3.39. The van der Waals surface area contributed by atoms with Gasteiger partial charge in [0.2, 0.25) is 5.91 Å². The number of thiophene rings is 1. The molecule has 7 heteroatoms. The predicted octanol–water partition coefficient (Wildman–Crippen LogP) is 2.86. The van der Waals surface area contributed by atoms with Crippen LogP contribution in [0.2, 0.25) is 0 Å². The first-order chi connectivity index (χ1) is 9.47. The van der Waals surface area contributed by atoms with Gasteiger partial charge < -0.3 is 5.32 Å². The van der Waals surface area contributed by atoms with Gasteiger partial charge in [0.15, 0.2) is 0 Å². The van der Waals surface area contributed by atoms with Crippen molar-refractivity contribution in [2.45, 2.75) is 31.8 Å². The molecule has 0 aliphatic carbocycles. The van der Waals surface area contributed by atoms with E-state index in [1.54, 1.807) is 17.5 Å². The van der Waals surface area contributed by atoms with Crippen LogP contribution in [0.5, 0.6) is 0 Å². The summed E-state index contributed by atoms with van der Waals surface area (Å²) in [5.41, 5.74) is -0.0287. The summed E-state index contributed by atoms with van der Waals surface area (Å²) < 4.78 is 0. The van der Waals surface area contributed by atoms with Crippen molar-refractivity contribution in [3.8, 4) is 0 Å². The second-order valence-electron chi connectivity index (χ2n) is 5.48. The van der Waals surface area contributed by atoms with Gasteiger partial charge in [-0.2, -0.15) is 10.3 Å². The van der Waals surface area contributed by atoms with Crippen LogP contribution in [0.3, 0.4) is 0 Å². The molecule has 5 nitrogen and oxygen atoms in total. The largest absolute Gasteiger partial charge is 0.347 e. The zero-order chi connectivity index (χ0) is 14.6. The first-order valence-electron chi connectivity index (χ1n) is 6.28. The van der Waals surface area contributed by atoms with Crippen molar-refractivity contribution < 1.29 is 4.79 Å². The summed E-state index contributed by atoms with van der Waals surface area (Å²) in [7, 11) is 0. The van der Waals surface area contributed by atoms with Gasteiger partial charge in [0.1, 0.15) is 5.03 Å². The molecule has 0 unspecified atom stereocenters. The highest BCUT2D eigenvalue weighted by molar-refractivity contribution is 7.99. The molecule has 0 bridgehead atoms. The molecule has 0 saturated carbocycles. The van der Waals surface area contributed by atoms with Crippen molar-refractivity contribution in [1.29, 1.82) is 0 Å². The molecule has 2 aromatic rings. The lowest BCUT2D eigenvalue weighted by Gasteiger charge is -2.30. The predicted molar refractivity (Wildman–Crippen MR) is 81.8 cm³/mol. The lowest BCUT2D eigenvalue weighted by molar-refractivity contribution is -0.120. The Bertz CT molecular complexity index is 531. The van der Waals surface area contributed by atoms with Crippen molar-refractivity contribution in [2.75, 3.05) is 5.75 Å². The monoisotopic (exact) mass is 310 g/mol. The molecule has 108 valence electrons. The smallest absolute Gasteiger partial charge is 0.230 e. The summed E-state index contributed by atoms with van der Waals surface area (Å²) in [6.45, 7) is 6.38. The van der Waals surface area contributed by atoms with Gasteiger partial charge in [-0.25, -0.2) is 0 Å². The minimum absolute atomic E-state index is 0.00586. The average Bonchev–Trinajstić information content (AvgIpc) is 3.04. The number of nitrogens with zero attached hydrogens (tertiary/aromatic N) is 2. The number of hydrogen-bond acceptors (Lipinski definition) is 5. The van der Waals surface area contributed by atoms with Crippen LogP contribution in [-0.2, 0) is 4.79 Å². The van der Waals surface area contributed by atoms with E-state index in [0.29, 0.717) is 5.75 Å². The topological polar surface area (TPSA) is 70.7 Å². The van der Waals surface area contributed by atoms with E-state index in [1.165, 1.54) is 16.6 Å². The van der Waals surface area contributed by atoms with Crippen molar-refractivity contribution in [3.05, 3.63) is 28.6 Å². The van der Waals surface area contributed by atoms with Gasteiger partial charge in [0.05, 0.1) is 18.0 Å². The summed E-state index contributed by atoms with van der Waals surface area (Å²) in [5.74, 6) is 0.344. The molecule has 0 aromatic carbocycles. The maximum Gasteiger partial charge on any atom is 0.230 e. The fourth-order valence-electron chi connectivity index (χ4n) is 1.77. The Morgan fingerprint density at radius 2 is 2.35 bits per heavy atom. The molecule has 0 aliphatic rings. The first kappa shape index (κ1) is 15.1. The van der Waals surface area contributed by atoms with E-state index in [4.69, 9.17) is 0 Å². The van der Waals surface area contributed by atoms with Crippen LogP contribution in [0.1, 0.15) is 31.7 Å². The molecule has 0 aliphatic heterocycles. The molecule has 0 saturated heterocycles. The molecule has 2 N–H and O–H groups in total. The van der Waals surface area contributed by atoms with Crippen LogP contribution in [0.15, 0.2) is 28.7 Å². The highest BCUT2D eigenvalue weighted by atomic mass is 32.2. The Morgan fingerprint density at radius 1 is 1.55 bits per heavy atom. The standard InChI is InChI=1S/C13H18N4OS2/c1-13(2,3)12(9-5-4-6-19-9)15-10(18)8-20-11-7-14-17-16-11/h4-7,12H,8H2,1-3H3,(H,15,18)(H,14,16,17)/t12-/m0/s1. The average molecular weight is 310 g/mol. The third kappa shape index (κ3) is 4.08. The van der Waals surface area contributed by atoms with E-state index >= 15 is 0 Å². The Morgan fingerprint density at radius 3 is 2.90 bits per heavy atom. The molecule has 2 rings (SSSR count). The maximum atomic E-state index is 12.1. The van der Waals surface area contributed by atoms with E-state index in [-0.39, 0.29) is 17.4 Å². The number of rotatable bonds is 5. The summed E-state index contributed by atoms with van der Waals surface area (Å²) in [6, 6.07) is 4.09. The van der Waals surface area contributed by atoms with Gasteiger partial charge in [-0.15, -0.1) is 16.4 Å². The number of amides is 1. The number of H-pyrrole nitrogens is 1. The summed E-state index contributed by atoms with van der Waals surface area (Å²) >= 11 is 3.04. The van der Waals surface area contributed by atoms with E-state index in [1.807, 2.05) is 11.4 Å². The quantitative estimate of drug-likeness (QED) is 0.833. The summed E-state index contributed by atoms with van der Waals surface area (Å²) in [6.07, 6.45) is 1.61. The molecule has 2 aromatic heterocycles.